The number of carbonyl (C=O) groups excluding carboxylic acids is 2. The minimum Gasteiger partial charge on any atom is -0.466 e. The molecule has 4 nitrogen and oxygen atoms in total. The highest BCUT2D eigenvalue weighted by molar-refractivity contribution is 5.88. The van der Waals surface area contributed by atoms with Crippen molar-refractivity contribution in [3.8, 4) is 0 Å². The second kappa shape index (κ2) is 6.73. The number of rotatable bonds is 4. The van der Waals surface area contributed by atoms with Crippen molar-refractivity contribution in [3.63, 3.8) is 0 Å². The van der Waals surface area contributed by atoms with E-state index in [1.165, 1.54) is 7.11 Å². The van der Waals surface area contributed by atoms with E-state index in [2.05, 4.69) is 13.8 Å². The summed E-state index contributed by atoms with van der Waals surface area (Å²) in [5.74, 6) is -0.118. The van der Waals surface area contributed by atoms with Crippen molar-refractivity contribution in [1.82, 2.24) is 4.90 Å². The zero-order valence-corrected chi connectivity index (χ0v) is 12.5. The zero-order chi connectivity index (χ0) is 14.5. The molecule has 1 aliphatic heterocycles. The zero-order valence-electron chi connectivity index (χ0n) is 12.5. The van der Waals surface area contributed by atoms with Gasteiger partial charge in [-0.2, -0.15) is 0 Å². The number of amides is 1. The van der Waals surface area contributed by atoms with Gasteiger partial charge in [-0.15, -0.1) is 0 Å². The number of hydrogen-bond donors (Lipinski definition) is 0. The van der Waals surface area contributed by atoms with Gasteiger partial charge in [-0.1, -0.05) is 26.8 Å². The molecule has 0 aromatic rings. The molecule has 1 heterocycles. The summed E-state index contributed by atoms with van der Waals surface area (Å²) in [5, 5.41) is 0. The average molecular weight is 267 g/mol. The van der Waals surface area contributed by atoms with Crippen LogP contribution in [0, 0.1) is 5.41 Å². The average Bonchev–Trinajstić information content (AvgIpc) is 2.51. The van der Waals surface area contributed by atoms with E-state index in [9.17, 15) is 9.59 Å². The Balaban J connectivity index is 2.67. The van der Waals surface area contributed by atoms with Crippen LogP contribution < -0.4 is 0 Å². The highest BCUT2D eigenvalue weighted by Gasteiger charge is 2.26. The lowest BCUT2D eigenvalue weighted by Gasteiger charge is -2.22. The van der Waals surface area contributed by atoms with Gasteiger partial charge >= 0.3 is 5.97 Å². The molecule has 1 aliphatic rings. The summed E-state index contributed by atoms with van der Waals surface area (Å²) in [6, 6.07) is 0. The van der Waals surface area contributed by atoms with Gasteiger partial charge in [0.05, 0.1) is 7.11 Å². The number of ether oxygens (including phenoxy) is 1. The molecule has 4 heteroatoms. The minimum atomic E-state index is -0.301. The standard InChI is InChI=1S/C15H25NO3/c1-5-12(14(18)19-4)7-10-16-11-9-15(2,3)8-6-13(16)17/h7H,5-6,8-11H2,1-4H3. The fourth-order valence-corrected chi connectivity index (χ4v) is 2.21. The van der Waals surface area contributed by atoms with Crippen LogP contribution in [0.3, 0.4) is 0 Å². The van der Waals surface area contributed by atoms with Gasteiger partial charge in [0, 0.05) is 25.1 Å². The summed E-state index contributed by atoms with van der Waals surface area (Å²) in [5.41, 5.74) is 0.864. The Morgan fingerprint density at radius 1 is 1.42 bits per heavy atom. The first kappa shape index (κ1) is 15.7. The minimum absolute atomic E-state index is 0.183. The summed E-state index contributed by atoms with van der Waals surface area (Å²) < 4.78 is 4.72. The van der Waals surface area contributed by atoms with Crippen molar-refractivity contribution in [2.45, 2.75) is 46.5 Å². The Hall–Kier alpha value is -1.32. The molecule has 0 spiro atoms. The molecule has 0 aromatic carbocycles. The summed E-state index contributed by atoms with van der Waals surface area (Å²) in [6.45, 7) is 7.58. The van der Waals surface area contributed by atoms with Crippen molar-refractivity contribution < 1.29 is 14.3 Å². The molecule has 1 amide bonds. The molecule has 0 bridgehead atoms. The predicted molar refractivity (Wildman–Crippen MR) is 74.6 cm³/mol. The molecule has 108 valence electrons. The van der Waals surface area contributed by atoms with Gasteiger partial charge in [-0.05, 0) is 24.7 Å². The molecule has 0 aromatic heterocycles. The fraction of sp³-hybridized carbons (Fsp3) is 0.733. The molecule has 1 rings (SSSR count). The molecule has 19 heavy (non-hydrogen) atoms. The predicted octanol–water partition coefficient (Wildman–Crippen LogP) is 2.53. The van der Waals surface area contributed by atoms with Crippen LogP contribution in [-0.2, 0) is 14.3 Å². The van der Waals surface area contributed by atoms with Gasteiger partial charge in [0.15, 0.2) is 0 Å². The number of nitrogens with zero attached hydrogens (tertiary/aromatic N) is 1. The molecule has 0 radical (unpaired) electrons. The molecular formula is C15H25NO3. The summed E-state index contributed by atoms with van der Waals surface area (Å²) in [7, 11) is 1.38. The third-order valence-electron chi connectivity index (χ3n) is 3.81. The molecule has 0 saturated carbocycles. The van der Waals surface area contributed by atoms with Crippen LogP contribution >= 0.6 is 0 Å². The van der Waals surface area contributed by atoms with Crippen LogP contribution in [0.5, 0.6) is 0 Å². The Morgan fingerprint density at radius 3 is 2.68 bits per heavy atom. The molecule has 1 saturated heterocycles. The van der Waals surface area contributed by atoms with E-state index in [0.717, 1.165) is 19.4 Å². The largest absolute Gasteiger partial charge is 0.466 e. The van der Waals surface area contributed by atoms with Crippen LogP contribution in [0.15, 0.2) is 11.6 Å². The summed E-state index contributed by atoms with van der Waals surface area (Å²) in [6.07, 6.45) is 4.98. The molecular weight excluding hydrogens is 242 g/mol. The first-order chi connectivity index (χ1) is 8.89. The van der Waals surface area contributed by atoms with Crippen LogP contribution in [0.4, 0.5) is 0 Å². The van der Waals surface area contributed by atoms with Gasteiger partial charge in [-0.3, -0.25) is 4.79 Å². The Labute approximate surface area is 115 Å². The monoisotopic (exact) mass is 267 g/mol. The lowest BCUT2D eigenvalue weighted by Crippen LogP contribution is -2.31. The first-order valence-corrected chi connectivity index (χ1v) is 6.94. The van der Waals surface area contributed by atoms with E-state index in [1.807, 2.05) is 17.9 Å². The van der Waals surface area contributed by atoms with E-state index >= 15 is 0 Å². The van der Waals surface area contributed by atoms with Crippen molar-refractivity contribution in [2.24, 2.45) is 5.41 Å². The second-order valence-electron chi connectivity index (χ2n) is 5.83. The van der Waals surface area contributed by atoms with Gasteiger partial charge in [-0.25, -0.2) is 4.79 Å². The van der Waals surface area contributed by atoms with Crippen molar-refractivity contribution in [3.05, 3.63) is 11.6 Å². The third-order valence-corrected chi connectivity index (χ3v) is 3.81. The Bertz CT molecular complexity index is 372. The SMILES string of the molecule is CCC(=CCN1CCC(C)(C)CCC1=O)C(=O)OC. The second-order valence-corrected chi connectivity index (χ2v) is 5.83. The number of esters is 1. The maximum Gasteiger partial charge on any atom is 0.333 e. The first-order valence-electron chi connectivity index (χ1n) is 6.94. The maximum atomic E-state index is 12.0. The van der Waals surface area contributed by atoms with E-state index in [0.29, 0.717) is 25.0 Å². The van der Waals surface area contributed by atoms with E-state index in [-0.39, 0.29) is 17.3 Å². The van der Waals surface area contributed by atoms with Crippen molar-refractivity contribution in [1.29, 1.82) is 0 Å². The molecule has 0 aliphatic carbocycles. The van der Waals surface area contributed by atoms with Gasteiger partial charge in [0.1, 0.15) is 0 Å². The van der Waals surface area contributed by atoms with Crippen molar-refractivity contribution >= 4 is 11.9 Å². The van der Waals surface area contributed by atoms with Crippen LogP contribution in [0.1, 0.15) is 46.5 Å². The van der Waals surface area contributed by atoms with Crippen LogP contribution in [-0.4, -0.2) is 37.0 Å². The fourth-order valence-electron chi connectivity index (χ4n) is 2.21. The smallest absolute Gasteiger partial charge is 0.333 e. The van der Waals surface area contributed by atoms with E-state index in [4.69, 9.17) is 4.74 Å². The number of carbonyl (C=O) groups is 2. The number of hydrogen-bond acceptors (Lipinski definition) is 3. The lowest BCUT2D eigenvalue weighted by atomic mass is 9.85. The lowest BCUT2D eigenvalue weighted by molar-refractivity contribution is -0.136. The van der Waals surface area contributed by atoms with Gasteiger partial charge in [0.2, 0.25) is 5.91 Å². The highest BCUT2D eigenvalue weighted by atomic mass is 16.5. The molecule has 0 unspecified atom stereocenters. The van der Waals surface area contributed by atoms with Crippen molar-refractivity contribution in [2.75, 3.05) is 20.2 Å². The highest BCUT2D eigenvalue weighted by Crippen LogP contribution is 2.30. The van der Waals surface area contributed by atoms with Gasteiger partial charge < -0.3 is 9.64 Å². The number of likely N-dealkylation sites (tertiary alicyclic amines) is 1. The quantitative estimate of drug-likeness (QED) is 0.581. The molecule has 0 N–H and O–H groups in total. The Morgan fingerprint density at radius 2 is 2.11 bits per heavy atom. The maximum absolute atomic E-state index is 12.0. The van der Waals surface area contributed by atoms with Crippen LogP contribution in [0.2, 0.25) is 0 Å². The summed E-state index contributed by atoms with van der Waals surface area (Å²) >= 11 is 0. The molecule has 0 atom stereocenters. The van der Waals surface area contributed by atoms with Crippen LogP contribution in [0.25, 0.3) is 0 Å². The molecule has 1 fully saturated rings. The summed E-state index contributed by atoms with van der Waals surface area (Å²) in [4.78, 5) is 25.3. The van der Waals surface area contributed by atoms with Gasteiger partial charge in [0.25, 0.3) is 0 Å². The normalized spacial score (nSPS) is 20.1. The topological polar surface area (TPSA) is 46.6 Å². The van der Waals surface area contributed by atoms with E-state index < -0.39 is 0 Å². The Kier molecular flexibility index (Phi) is 5.58. The van der Waals surface area contributed by atoms with E-state index in [1.54, 1.807) is 0 Å². The third kappa shape index (κ3) is 4.69. The number of methoxy groups -OCH3 is 1.